The second-order valence-electron chi connectivity index (χ2n) is 5.50. The molecule has 1 saturated carbocycles. The summed E-state index contributed by atoms with van der Waals surface area (Å²) in [6.07, 6.45) is 4.50. The van der Waals surface area contributed by atoms with Gasteiger partial charge in [-0.15, -0.1) is 0 Å². The standard InChI is InChI=1S/C13H26O2/c1-5-15-13(3,4)12(14)11-8-6-10(2)7-9-11/h10-12,14H,5-9H2,1-4H3. The first kappa shape index (κ1) is 13.0. The van der Waals surface area contributed by atoms with Gasteiger partial charge in [0.15, 0.2) is 0 Å². The van der Waals surface area contributed by atoms with E-state index in [2.05, 4.69) is 6.92 Å². The molecule has 1 aliphatic carbocycles. The molecule has 0 aromatic heterocycles. The van der Waals surface area contributed by atoms with Crippen LogP contribution in [0.4, 0.5) is 0 Å². The third-order valence-corrected chi connectivity index (χ3v) is 3.74. The molecule has 15 heavy (non-hydrogen) atoms. The number of ether oxygens (including phenoxy) is 1. The third-order valence-electron chi connectivity index (χ3n) is 3.74. The molecule has 0 saturated heterocycles. The summed E-state index contributed by atoms with van der Waals surface area (Å²) in [5.74, 6) is 1.27. The molecule has 90 valence electrons. The van der Waals surface area contributed by atoms with Crippen molar-refractivity contribution < 1.29 is 9.84 Å². The fourth-order valence-electron chi connectivity index (χ4n) is 2.63. The summed E-state index contributed by atoms with van der Waals surface area (Å²) in [6.45, 7) is 8.96. The van der Waals surface area contributed by atoms with E-state index in [1.165, 1.54) is 12.8 Å². The van der Waals surface area contributed by atoms with Crippen molar-refractivity contribution in [2.75, 3.05) is 6.61 Å². The molecule has 2 nitrogen and oxygen atoms in total. The van der Waals surface area contributed by atoms with Crippen LogP contribution in [0.25, 0.3) is 0 Å². The van der Waals surface area contributed by atoms with E-state index in [0.717, 1.165) is 18.8 Å². The Morgan fingerprint density at radius 2 is 1.80 bits per heavy atom. The average molecular weight is 214 g/mol. The molecule has 0 aromatic rings. The fraction of sp³-hybridized carbons (Fsp3) is 1.00. The van der Waals surface area contributed by atoms with Gasteiger partial charge in [0.2, 0.25) is 0 Å². The Kier molecular flexibility index (Phi) is 4.60. The second-order valence-corrected chi connectivity index (χ2v) is 5.50. The molecular weight excluding hydrogens is 188 g/mol. The van der Waals surface area contributed by atoms with Crippen molar-refractivity contribution in [3.05, 3.63) is 0 Å². The highest BCUT2D eigenvalue weighted by atomic mass is 16.5. The maximum atomic E-state index is 10.3. The molecular formula is C13H26O2. The molecule has 0 aromatic carbocycles. The van der Waals surface area contributed by atoms with Gasteiger partial charge in [-0.1, -0.05) is 19.8 Å². The van der Waals surface area contributed by atoms with Gasteiger partial charge in [0.05, 0.1) is 11.7 Å². The zero-order valence-corrected chi connectivity index (χ0v) is 10.6. The van der Waals surface area contributed by atoms with Gasteiger partial charge >= 0.3 is 0 Å². The van der Waals surface area contributed by atoms with Crippen LogP contribution < -0.4 is 0 Å². The van der Waals surface area contributed by atoms with E-state index >= 15 is 0 Å². The molecule has 0 aliphatic heterocycles. The Hall–Kier alpha value is -0.0800. The number of hydrogen-bond acceptors (Lipinski definition) is 2. The Balaban J connectivity index is 2.48. The SMILES string of the molecule is CCOC(C)(C)C(O)C1CCC(C)CC1. The van der Waals surface area contributed by atoms with Crippen LogP contribution in [0, 0.1) is 11.8 Å². The van der Waals surface area contributed by atoms with Crippen molar-refractivity contribution in [2.45, 2.75) is 65.1 Å². The lowest BCUT2D eigenvalue weighted by Gasteiger charge is -2.38. The summed E-state index contributed by atoms with van der Waals surface area (Å²) in [7, 11) is 0. The largest absolute Gasteiger partial charge is 0.390 e. The Morgan fingerprint density at radius 1 is 1.27 bits per heavy atom. The molecule has 2 heteroatoms. The van der Waals surface area contributed by atoms with Gasteiger partial charge in [-0.3, -0.25) is 0 Å². The quantitative estimate of drug-likeness (QED) is 0.779. The van der Waals surface area contributed by atoms with E-state index in [0.29, 0.717) is 12.5 Å². The van der Waals surface area contributed by atoms with Crippen molar-refractivity contribution >= 4 is 0 Å². The summed E-state index contributed by atoms with van der Waals surface area (Å²) in [5, 5.41) is 10.3. The van der Waals surface area contributed by atoms with Gasteiger partial charge in [0.25, 0.3) is 0 Å². The van der Waals surface area contributed by atoms with Gasteiger partial charge in [-0.25, -0.2) is 0 Å². The Labute approximate surface area is 94.0 Å². The summed E-state index contributed by atoms with van der Waals surface area (Å²) in [4.78, 5) is 0. The maximum Gasteiger partial charge on any atom is 0.0886 e. The van der Waals surface area contributed by atoms with Crippen LogP contribution in [0.2, 0.25) is 0 Å². The minimum absolute atomic E-state index is 0.315. The number of aliphatic hydroxyl groups is 1. The zero-order valence-electron chi connectivity index (χ0n) is 10.6. The van der Waals surface area contributed by atoms with E-state index in [1.54, 1.807) is 0 Å². The van der Waals surface area contributed by atoms with E-state index < -0.39 is 0 Å². The van der Waals surface area contributed by atoms with Gasteiger partial charge in [-0.05, 0) is 45.4 Å². The van der Waals surface area contributed by atoms with E-state index in [-0.39, 0.29) is 11.7 Å². The van der Waals surface area contributed by atoms with Crippen molar-refractivity contribution in [1.29, 1.82) is 0 Å². The smallest absolute Gasteiger partial charge is 0.0886 e. The second kappa shape index (κ2) is 5.31. The molecule has 1 fully saturated rings. The highest BCUT2D eigenvalue weighted by Gasteiger charge is 2.36. The highest BCUT2D eigenvalue weighted by molar-refractivity contribution is 4.87. The van der Waals surface area contributed by atoms with Crippen LogP contribution in [-0.4, -0.2) is 23.4 Å². The van der Waals surface area contributed by atoms with Crippen molar-refractivity contribution in [2.24, 2.45) is 11.8 Å². The monoisotopic (exact) mass is 214 g/mol. The molecule has 1 rings (SSSR count). The third kappa shape index (κ3) is 3.46. The molecule has 0 amide bonds. The number of hydrogen-bond donors (Lipinski definition) is 1. The summed E-state index contributed by atoms with van der Waals surface area (Å²) in [6, 6.07) is 0. The molecule has 1 N–H and O–H groups in total. The van der Waals surface area contributed by atoms with Crippen LogP contribution in [-0.2, 0) is 4.74 Å². The van der Waals surface area contributed by atoms with Crippen LogP contribution >= 0.6 is 0 Å². The average Bonchev–Trinajstić information content (AvgIpc) is 2.18. The van der Waals surface area contributed by atoms with Gasteiger partial charge in [-0.2, -0.15) is 0 Å². The predicted molar refractivity (Wildman–Crippen MR) is 62.8 cm³/mol. The van der Waals surface area contributed by atoms with Crippen LogP contribution in [0.1, 0.15) is 53.4 Å². The first-order valence-corrected chi connectivity index (χ1v) is 6.29. The summed E-state index contributed by atoms with van der Waals surface area (Å²) in [5.41, 5.74) is -0.389. The lowest BCUT2D eigenvalue weighted by atomic mass is 9.76. The first-order valence-electron chi connectivity index (χ1n) is 6.29. The Morgan fingerprint density at radius 3 is 2.27 bits per heavy atom. The van der Waals surface area contributed by atoms with Crippen molar-refractivity contribution in [3.8, 4) is 0 Å². The molecule has 0 radical (unpaired) electrons. The molecule has 1 aliphatic rings. The molecule has 0 spiro atoms. The predicted octanol–water partition coefficient (Wildman–Crippen LogP) is 2.99. The lowest BCUT2D eigenvalue weighted by molar-refractivity contribution is -0.123. The van der Waals surface area contributed by atoms with Gasteiger partial charge < -0.3 is 9.84 Å². The molecule has 0 heterocycles. The van der Waals surface area contributed by atoms with Crippen molar-refractivity contribution in [1.82, 2.24) is 0 Å². The minimum atomic E-state index is -0.389. The number of aliphatic hydroxyl groups excluding tert-OH is 1. The molecule has 0 bridgehead atoms. The highest BCUT2D eigenvalue weighted by Crippen LogP contribution is 2.34. The van der Waals surface area contributed by atoms with Gasteiger partial charge in [0, 0.05) is 6.61 Å². The first-order chi connectivity index (χ1) is 6.97. The lowest BCUT2D eigenvalue weighted by Crippen LogP contribution is -2.45. The van der Waals surface area contributed by atoms with Crippen molar-refractivity contribution in [3.63, 3.8) is 0 Å². The van der Waals surface area contributed by atoms with Gasteiger partial charge in [0.1, 0.15) is 0 Å². The van der Waals surface area contributed by atoms with E-state index in [9.17, 15) is 5.11 Å². The zero-order chi connectivity index (χ0) is 11.5. The normalized spacial score (nSPS) is 30.2. The van der Waals surface area contributed by atoms with Crippen LogP contribution in [0.5, 0.6) is 0 Å². The van der Waals surface area contributed by atoms with E-state index in [1.807, 2.05) is 20.8 Å². The fourth-order valence-corrected chi connectivity index (χ4v) is 2.63. The maximum absolute atomic E-state index is 10.3. The molecule has 1 unspecified atom stereocenters. The topological polar surface area (TPSA) is 29.5 Å². The van der Waals surface area contributed by atoms with E-state index in [4.69, 9.17) is 4.74 Å². The summed E-state index contributed by atoms with van der Waals surface area (Å²) < 4.78 is 5.62. The summed E-state index contributed by atoms with van der Waals surface area (Å²) >= 11 is 0. The minimum Gasteiger partial charge on any atom is -0.390 e. The van der Waals surface area contributed by atoms with Crippen LogP contribution in [0.3, 0.4) is 0 Å². The van der Waals surface area contributed by atoms with Crippen LogP contribution in [0.15, 0.2) is 0 Å². The Bertz CT molecular complexity index is 181. The molecule has 1 atom stereocenters. The number of rotatable bonds is 4.